The monoisotopic (exact) mass is 704 g/mol. The van der Waals surface area contributed by atoms with E-state index in [0.29, 0.717) is 0 Å². The first kappa shape index (κ1) is 41.6. The molecule has 2 aromatic carbocycles. The summed E-state index contributed by atoms with van der Waals surface area (Å²) in [5, 5.41) is 0. The van der Waals surface area contributed by atoms with Crippen LogP contribution in [-0.4, -0.2) is 67.4 Å². The minimum Gasteiger partial charge on any atom is -0.273 e. The van der Waals surface area contributed by atoms with Gasteiger partial charge in [0.15, 0.2) is 0 Å². The molecule has 0 spiro atoms. The molecule has 0 heterocycles. The summed E-state index contributed by atoms with van der Waals surface area (Å²) in [5.41, 5.74) is 0. The van der Waals surface area contributed by atoms with Crippen molar-refractivity contribution in [1.82, 2.24) is 0 Å². The summed E-state index contributed by atoms with van der Waals surface area (Å²) in [5.74, 6) is 0. The Hall–Kier alpha value is -1.41. The predicted octanol–water partition coefficient (Wildman–Crippen LogP) is 6.46. The minimum absolute atomic E-state index is 0.447. The van der Waals surface area contributed by atoms with Gasteiger partial charge in [-0.2, -0.15) is 16.8 Å². The van der Waals surface area contributed by atoms with Gasteiger partial charge in [0.05, 0.1) is 9.79 Å². The fraction of sp³-hybridized carbons (Fsp3) is 0.571. The zero-order valence-electron chi connectivity index (χ0n) is 25.6. The van der Waals surface area contributed by atoms with Crippen LogP contribution in [0.2, 0.25) is 0 Å². The van der Waals surface area contributed by atoms with Gasteiger partial charge >= 0.3 is 147 Å². The molecule has 0 saturated heterocycles. The van der Waals surface area contributed by atoms with Crippen LogP contribution in [0.5, 0.6) is 0 Å². The fourth-order valence-corrected chi connectivity index (χ4v) is 13.9. The van der Waals surface area contributed by atoms with Crippen molar-refractivity contribution in [2.75, 3.05) is 24.6 Å². The van der Waals surface area contributed by atoms with E-state index >= 15 is 0 Å². The largest absolute Gasteiger partial charge is 0.377 e. The van der Waals surface area contributed by atoms with Crippen molar-refractivity contribution in [1.29, 1.82) is 0 Å². The summed E-state index contributed by atoms with van der Waals surface area (Å²) >= 11 is 0. The van der Waals surface area contributed by atoms with Crippen LogP contribution < -0.4 is 0 Å². The van der Waals surface area contributed by atoms with Gasteiger partial charge < -0.3 is 0 Å². The van der Waals surface area contributed by atoms with Crippen LogP contribution in [0, 0.1) is 0 Å². The Bertz CT molecular complexity index is 1340. The van der Waals surface area contributed by atoms with Crippen LogP contribution in [-0.2, 0) is 36.0 Å². The van der Waals surface area contributed by atoms with Crippen molar-refractivity contribution in [3.8, 4) is 0 Å². The molecular formula is C28H49O10PS4. The molecule has 0 unspecified atom stereocenters. The number of hydrogen-bond donors (Lipinski definition) is 2. The van der Waals surface area contributed by atoms with E-state index < -0.39 is 53.1 Å². The molecule has 0 bridgehead atoms. The summed E-state index contributed by atoms with van der Waals surface area (Å²) in [4.78, 5) is -0.894. The van der Waals surface area contributed by atoms with E-state index in [9.17, 15) is 33.7 Å². The van der Waals surface area contributed by atoms with Crippen LogP contribution in [0.25, 0.3) is 0 Å². The smallest absolute Gasteiger partial charge is 0.273 e. The second kappa shape index (κ2) is 19.9. The third-order valence-electron chi connectivity index (χ3n) is 6.86. The van der Waals surface area contributed by atoms with Crippen molar-refractivity contribution in [2.45, 2.75) is 88.9 Å². The number of unbranched alkanes of at least 4 members (excludes halogenated alkanes) is 4. The summed E-state index contributed by atoms with van der Waals surface area (Å²) in [6.07, 6.45) is 18.1. The van der Waals surface area contributed by atoms with Gasteiger partial charge in [-0.3, -0.25) is 9.11 Å². The summed E-state index contributed by atoms with van der Waals surface area (Å²) < 4.78 is 103. The summed E-state index contributed by atoms with van der Waals surface area (Å²) in [7, 11) is -20.3. The van der Waals surface area contributed by atoms with Crippen molar-refractivity contribution < 1.29 is 42.8 Å². The van der Waals surface area contributed by atoms with Crippen LogP contribution in [0.15, 0.2) is 70.5 Å². The van der Waals surface area contributed by atoms with Gasteiger partial charge in [0, 0.05) is 0 Å². The van der Waals surface area contributed by atoms with Crippen molar-refractivity contribution >= 4 is 43.3 Å². The normalized spacial score (nSPS) is 12.8. The van der Waals surface area contributed by atoms with Crippen LogP contribution in [0.1, 0.15) is 79.1 Å². The molecule has 15 heteroatoms. The Morgan fingerprint density at radius 2 is 0.698 bits per heavy atom. The third kappa shape index (κ3) is 14.5. The Kier molecular flexibility index (Phi) is 19.2. The standard InChI is InChI=1S/C16H37P.2C6H6O5S2/c1-5-9-13-17(14-10-6-2,15-11-7-3)16-12-8-4;2*7-12(8,13(9,10)11)6-4-2-1-3-5-6/h17H,5-16H2,1-4H3;2*1-5H,(H,9,10,11). The Balaban J connectivity index is 0.000000622. The predicted molar refractivity (Wildman–Crippen MR) is 178 cm³/mol. The van der Waals surface area contributed by atoms with E-state index in [2.05, 4.69) is 27.7 Å². The van der Waals surface area contributed by atoms with Crippen molar-refractivity contribution in [3.63, 3.8) is 0 Å². The second-order valence-corrected chi connectivity index (χ2v) is 24.9. The van der Waals surface area contributed by atoms with E-state index in [-0.39, 0.29) is 0 Å². The molecule has 0 fully saturated rings. The van der Waals surface area contributed by atoms with Gasteiger partial charge in [-0.25, -0.2) is 16.8 Å². The second-order valence-electron chi connectivity index (χ2n) is 10.3. The first-order chi connectivity index (χ1) is 20.0. The van der Waals surface area contributed by atoms with Gasteiger partial charge in [0.2, 0.25) is 0 Å². The average molecular weight is 705 g/mol. The molecule has 0 amide bonds. The molecule has 0 aliphatic rings. The van der Waals surface area contributed by atoms with Crippen LogP contribution >= 0.6 is 7.26 Å². The molecular weight excluding hydrogens is 656 g/mol. The van der Waals surface area contributed by atoms with Gasteiger partial charge in [0.1, 0.15) is 0 Å². The number of hydrogen-bond acceptors (Lipinski definition) is 8. The Labute approximate surface area is 259 Å². The van der Waals surface area contributed by atoms with Gasteiger partial charge in [-0.15, -0.1) is 0 Å². The van der Waals surface area contributed by atoms with Crippen molar-refractivity contribution in [2.24, 2.45) is 0 Å². The zero-order valence-corrected chi connectivity index (χ0v) is 29.8. The van der Waals surface area contributed by atoms with Gasteiger partial charge in [-0.05, 0) is 24.3 Å². The minimum atomic E-state index is -5.08. The Morgan fingerprint density at radius 3 is 0.884 bits per heavy atom. The van der Waals surface area contributed by atoms with Gasteiger partial charge in [0.25, 0.3) is 0 Å². The molecule has 0 radical (unpaired) electrons. The maximum absolute atomic E-state index is 11.0. The van der Waals surface area contributed by atoms with Crippen LogP contribution in [0.4, 0.5) is 0 Å². The Morgan fingerprint density at radius 1 is 0.465 bits per heavy atom. The molecule has 0 aliphatic carbocycles. The molecule has 2 rings (SSSR count). The first-order valence-corrected chi connectivity index (χ1v) is 24.2. The quantitative estimate of drug-likeness (QED) is 0.112. The number of rotatable bonds is 16. The topological polar surface area (TPSA) is 177 Å². The van der Waals surface area contributed by atoms with Crippen molar-refractivity contribution in [3.05, 3.63) is 60.7 Å². The van der Waals surface area contributed by atoms with E-state index in [1.54, 1.807) is 24.6 Å². The fourth-order valence-electron chi connectivity index (χ4n) is 4.37. The molecule has 250 valence electrons. The summed E-state index contributed by atoms with van der Waals surface area (Å²) in [6.45, 7) is 9.44. The SMILES string of the molecule is CCCC[PH](CCCC)(CCCC)CCCC.O=S(=O)(O)S(=O)(=O)c1ccccc1.O=S(=O)(O)S(=O)(=O)c1ccccc1. The molecule has 0 aromatic heterocycles. The zero-order chi connectivity index (χ0) is 33.2. The van der Waals surface area contributed by atoms with Crippen LogP contribution in [0.3, 0.4) is 0 Å². The maximum Gasteiger partial charge on any atom is 0.377 e. The molecule has 2 aromatic rings. The van der Waals surface area contributed by atoms with E-state index in [0.717, 1.165) is 24.3 Å². The summed E-state index contributed by atoms with van der Waals surface area (Å²) in [6, 6.07) is 12.8. The average Bonchev–Trinajstić information content (AvgIpc) is 2.97. The molecule has 0 atom stereocenters. The maximum atomic E-state index is 11.0. The number of benzene rings is 2. The van der Waals surface area contributed by atoms with E-state index in [4.69, 9.17) is 9.11 Å². The molecule has 43 heavy (non-hydrogen) atoms. The molecule has 2 N–H and O–H groups in total. The first-order valence-electron chi connectivity index (χ1n) is 14.5. The molecule has 0 saturated carbocycles. The molecule has 10 nitrogen and oxygen atoms in total. The third-order valence-corrected chi connectivity index (χ3v) is 19.8. The van der Waals surface area contributed by atoms with Gasteiger partial charge in [-0.1, -0.05) is 36.4 Å². The van der Waals surface area contributed by atoms with E-state index in [1.165, 1.54) is 87.8 Å². The van der Waals surface area contributed by atoms with E-state index in [1.807, 2.05) is 0 Å². The molecule has 0 aliphatic heterocycles.